The van der Waals surface area contributed by atoms with Crippen molar-refractivity contribution in [2.24, 2.45) is 0 Å². The Balaban J connectivity index is 2.01. The van der Waals surface area contributed by atoms with Gasteiger partial charge in [0.05, 0.1) is 18.0 Å². The number of sulfonamides is 1. The molecule has 0 fully saturated rings. The Kier molecular flexibility index (Phi) is 7.50. The second kappa shape index (κ2) is 9.65. The molecule has 1 atom stereocenters. The predicted molar refractivity (Wildman–Crippen MR) is 115 cm³/mol. The van der Waals surface area contributed by atoms with Crippen molar-refractivity contribution in [3.8, 4) is 11.5 Å². The normalized spacial score (nSPS) is 12.3. The maximum Gasteiger partial charge on any atom is 0.265 e. The standard InChI is InChI=1S/C21H28N2O5S/c1-6-20(21(24)22-16-7-11-18(12-8-16)27-15(2)3)28-19-13-9-17(10-14-19)23(4)29(5,25)26/h7-15,20H,6H2,1-5H3,(H,22,24)/t20-/m1/s1. The van der Waals surface area contributed by atoms with Gasteiger partial charge in [-0.05, 0) is 68.8 Å². The number of carbonyl (C=O) groups excluding carboxylic acids is 1. The third kappa shape index (κ3) is 6.67. The molecule has 2 aromatic rings. The van der Waals surface area contributed by atoms with Crippen LogP contribution in [0.4, 0.5) is 11.4 Å². The number of hydrogen-bond donors (Lipinski definition) is 1. The van der Waals surface area contributed by atoms with E-state index in [9.17, 15) is 13.2 Å². The van der Waals surface area contributed by atoms with Crippen molar-refractivity contribution in [3.05, 3.63) is 48.5 Å². The first kappa shape index (κ1) is 22.5. The number of ether oxygens (including phenoxy) is 2. The summed E-state index contributed by atoms with van der Waals surface area (Å²) in [5.41, 5.74) is 1.17. The zero-order chi connectivity index (χ0) is 21.6. The summed E-state index contributed by atoms with van der Waals surface area (Å²) >= 11 is 0. The topological polar surface area (TPSA) is 84.9 Å². The van der Waals surface area contributed by atoms with Crippen molar-refractivity contribution in [2.45, 2.75) is 39.4 Å². The number of hydrogen-bond acceptors (Lipinski definition) is 5. The largest absolute Gasteiger partial charge is 0.491 e. The van der Waals surface area contributed by atoms with Gasteiger partial charge in [-0.2, -0.15) is 0 Å². The molecule has 7 nitrogen and oxygen atoms in total. The summed E-state index contributed by atoms with van der Waals surface area (Å²) in [5.74, 6) is 0.959. The van der Waals surface area contributed by atoms with Crippen LogP contribution in [0.1, 0.15) is 27.2 Å². The Labute approximate surface area is 172 Å². The Morgan fingerprint density at radius 3 is 2.00 bits per heavy atom. The molecule has 0 radical (unpaired) electrons. The molecule has 29 heavy (non-hydrogen) atoms. The predicted octanol–water partition coefficient (Wildman–Crippen LogP) is 3.67. The lowest BCUT2D eigenvalue weighted by Gasteiger charge is -2.19. The number of benzene rings is 2. The molecule has 0 bridgehead atoms. The summed E-state index contributed by atoms with van der Waals surface area (Å²) in [7, 11) is -1.86. The van der Waals surface area contributed by atoms with E-state index in [1.165, 1.54) is 11.4 Å². The molecule has 2 aromatic carbocycles. The molecule has 0 aromatic heterocycles. The number of amides is 1. The lowest BCUT2D eigenvalue weighted by Crippen LogP contribution is -2.32. The third-order valence-corrected chi connectivity index (χ3v) is 5.34. The second-order valence-electron chi connectivity index (χ2n) is 6.92. The minimum absolute atomic E-state index is 0.0805. The quantitative estimate of drug-likeness (QED) is 0.669. The van der Waals surface area contributed by atoms with Gasteiger partial charge in [0.1, 0.15) is 11.5 Å². The van der Waals surface area contributed by atoms with E-state index in [-0.39, 0.29) is 12.0 Å². The molecule has 0 unspecified atom stereocenters. The summed E-state index contributed by atoms with van der Waals surface area (Å²) in [6, 6.07) is 13.7. The van der Waals surface area contributed by atoms with Crippen molar-refractivity contribution >= 4 is 27.3 Å². The molecule has 1 N–H and O–H groups in total. The maximum absolute atomic E-state index is 12.6. The Hall–Kier alpha value is -2.74. The summed E-state index contributed by atoms with van der Waals surface area (Å²) in [6.45, 7) is 5.75. The molecule has 0 aliphatic rings. The van der Waals surface area contributed by atoms with Crippen LogP contribution in [0.5, 0.6) is 11.5 Å². The van der Waals surface area contributed by atoms with Crippen LogP contribution in [-0.2, 0) is 14.8 Å². The van der Waals surface area contributed by atoms with Gasteiger partial charge in [-0.15, -0.1) is 0 Å². The van der Waals surface area contributed by atoms with E-state index in [1.807, 2.05) is 20.8 Å². The Morgan fingerprint density at radius 2 is 1.52 bits per heavy atom. The fourth-order valence-electron chi connectivity index (χ4n) is 2.52. The van der Waals surface area contributed by atoms with Gasteiger partial charge in [0, 0.05) is 12.7 Å². The van der Waals surface area contributed by atoms with Crippen LogP contribution in [0.3, 0.4) is 0 Å². The van der Waals surface area contributed by atoms with Gasteiger partial charge in [0.15, 0.2) is 6.10 Å². The van der Waals surface area contributed by atoms with E-state index in [0.29, 0.717) is 23.5 Å². The van der Waals surface area contributed by atoms with E-state index in [2.05, 4.69) is 5.32 Å². The fourth-order valence-corrected chi connectivity index (χ4v) is 3.03. The maximum atomic E-state index is 12.6. The minimum Gasteiger partial charge on any atom is -0.491 e. The van der Waals surface area contributed by atoms with E-state index in [0.717, 1.165) is 12.0 Å². The molecule has 158 valence electrons. The average molecular weight is 421 g/mol. The first-order valence-corrected chi connectivity index (χ1v) is 11.2. The monoisotopic (exact) mass is 420 g/mol. The van der Waals surface area contributed by atoms with E-state index in [4.69, 9.17) is 9.47 Å². The Morgan fingerprint density at radius 1 is 1.00 bits per heavy atom. The van der Waals surface area contributed by atoms with Gasteiger partial charge in [-0.1, -0.05) is 6.92 Å². The minimum atomic E-state index is -3.33. The summed E-state index contributed by atoms with van der Waals surface area (Å²) < 4.78 is 35.8. The van der Waals surface area contributed by atoms with Crippen LogP contribution < -0.4 is 19.1 Å². The second-order valence-corrected chi connectivity index (χ2v) is 8.93. The van der Waals surface area contributed by atoms with Gasteiger partial charge in [0.2, 0.25) is 10.0 Å². The highest BCUT2D eigenvalue weighted by molar-refractivity contribution is 7.92. The van der Waals surface area contributed by atoms with Gasteiger partial charge in [0.25, 0.3) is 5.91 Å². The molecule has 1 amide bonds. The molecule has 0 aliphatic carbocycles. The summed E-state index contributed by atoms with van der Waals surface area (Å²) in [6.07, 6.45) is 1.01. The van der Waals surface area contributed by atoms with E-state index >= 15 is 0 Å². The van der Waals surface area contributed by atoms with Gasteiger partial charge < -0.3 is 14.8 Å². The Bertz CT molecular complexity index is 909. The number of anilines is 2. The van der Waals surface area contributed by atoms with Gasteiger partial charge >= 0.3 is 0 Å². The first-order valence-electron chi connectivity index (χ1n) is 9.38. The molecule has 0 saturated carbocycles. The number of rotatable bonds is 9. The van der Waals surface area contributed by atoms with Crippen molar-refractivity contribution < 1.29 is 22.7 Å². The van der Waals surface area contributed by atoms with Gasteiger partial charge in [-0.25, -0.2) is 8.42 Å². The highest BCUT2D eigenvalue weighted by atomic mass is 32.2. The first-order chi connectivity index (χ1) is 13.6. The van der Waals surface area contributed by atoms with Crippen molar-refractivity contribution in [2.75, 3.05) is 22.9 Å². The van der Waals surface area contributed by atoms with Crippen LogP contribution in [-0.4, -0.2) is 39.8 Å². The molecule has 0 spiro atoms. The van der Waals surface area contributed by atoms with Crippen LogP contribution >= 0.6 is 0 Å². The van der Waals surface area contributed by atoms with Crippen LogP contribution in [0.2, 0.25) is 0 Å². The lowest BCUT2D eigenvalue weighted by atomic mass is 10.2. The molecule has 8 heteroatoms. The molecule has 2 rings (SSSR count). The van der Waals surface area contributed by atoms with Crippen LogP contribution in [0, 0.1) is 0 Å². The average Bonchev–Trinajstić information content (AvgIpc) is 2.66. The third-order valence-electron chi connectivity index (χ3n) is 4.13. The van der Waals surface area contributed by atoms with Crippen molar-refractivity contribution in [1.82, 2.24) is 0 Å². The van der Waals surface area contributed by atoms with Crippen LogP contribution in [0.15, 0.2) is 48.5 Å². The smallest absolute Gasteiger partial charge is 0.265 e. The number of carbonyl (C=O) groups is 1. The molecule has 0 aliphatic heterocycles. The van der Waals surface area contributed by atoms with E-state index in [1.54, 1.807) is 48.5 Å². The zero-order valence-electron chi connectivity index (χ0n) is 17.4. The highest BCUT2D eigenvalue weighted by Crippen LogP contribution is 2.22. The molecule has 0 saturated heterocycles. The van der Waals surface area contributed by atoms with E-state index < -0.39 is 16.1 Å². The molecular formula is C21H28N2O5S. The SMILES string of the molecule is CC[C@@H](Oc1ccc(N(C)S(C)(=O)=O)cc1)C(=O)Nc1ccc(OC(C)C)cc1. The van der Waals surface area contributed by atoms with Crippen molar-refractivity contribution in [1.29, 1.82) is 0 Å². The van der Waals surface area contributed by atoms with Crippen LogP contribution in [0.25, 0.3) is 0 Å². The lowest BCUT2D eigenvalue weighted by molar-refractivity contribution is -0.122. The number of nitrogens with zero attached hydrogens (tertiary/aromatic N) is 1. The summed E-state index contributed by atoms with van der Waals surface area (Å²) in [5, 5.41) is 2.84. The molecule has 0 heterocycles. The number of nitrogens with one attached hydrogen (secondary N) is 1. The highest BCUT2D eigenvalue weighted by Gasteiger charge is 2.19. The van der Waals surface area contributed by atoms with Crippen molar-refractivity contribution in [3.63, 3.8) is 0 Å². The van der Waals surface area contributed by atoms with Gasteiger partial charge in [-0.3, -0.25) is 9.10 Å². The zero-order valence-corrected chi connectivity index (χ0v) is 18.2. The summed E-state index contributed by atoms with van der Waals surface area (Å²) in [4.78, 5) is 12.6. The fraction of sp³-hybridized carbons (Fsp3) is 0.381. The molecular weight excluding hydrogens is 392 g/mol.